The Morgan fingerprint density at radius 1 is 1.32 bits per heavy atom. The van der Waals surface area contributed by atoms with Gasteiger partial charge >= 0.3 is 5.97 Å². The topological polar surface area (TPSA) is 46.6 Å². The molecule has 1 amide bonds. The summed E-state index contributed by atoms with van der Waals surface area (Å²) in [6.45, 7) is -0.406. The molecule has 0 saturated heterocycles. The Morgan fingerprint density at radius 3 is 2.64 bits per heavy atom. The minimum absolute atomic E-state index is 0.0296. The van der Waals surface area contributed by atoms with Crippen molar-refractivity contribution in [3.63, 3.8) is 0 Å². The first-order chi connectivity index (χ1) is 10.5. The molecule has 1 aliphatic rings. The van der Waals surface area contributed by atoms with E-state index < -0.39 is 18.4 Å². The van der Waals surface area contributed by atoms with E-state index in [-0.39, 0.29) is 22.5 Å². The van der Waals surface area contributed by atoms with Gasteiger partial charge in [-0.2, -0.15) is 0 Å². The number of halogens is 2. The zero-order chi connectivity index (χ0) is 16.1. The van der Waals surface area contributed by atoms with Gasteiger partial charge in [-0.15, -0.1) is 0 Å². The van der Waals surface area contributed by atoms with Crippen LogP contribution in [0.25, 0.3) is 0 Å². The number of amides is 1. The van der Waals surface area contributed by atoms with Gasteiger partial charge in [0.2, 0.25) is 0 Å². The standard InChI is InChI=1S/C16H19ClFNO3/c1-19(11-6-3-2-4-7-11)14(20)10-22-16(21)15-12(17)8-5-9-13(15)18/h5,8-9,11H,2-4,6-7,10H2,1H3. The van der Waals surface area contributed by atoms with E-state index in [1.54, 1.807) is 11.9 Å². The van der Waals surface area contributed by atoms with Gasteiger partial charge < -0.3 is 9.64 Å². The van der Waals surface area contributed by atoms with Gasteiger partial charge in [0.15, 0.2) is 6.61 Å². The normalized spacial score (nSPS) is 15.4. The van der Waals surface area contributed by atoms with Gasteiger partial charge in [-0.1, -0.05) is 36.9 Å². The summed E-state index contributed by atoms with van der Waals surface area (Å²) in [5, 5.41) is -0.0296. The molecule has 6 heteroatoms. The van der Waals surface area contributed by atoms with Crippen molar-refractivity contribution < 1.29 is 18.7 Å². The molecule has 0 unspecified atom stereocenters. The van der Waals surface area contributed by atoms with Crippen LogP contribution in [-0.2, 0) is 9.53 Å². The minimum Gasteiger partial charge on any atom is -0.452 e. The van der Waals surface area contributed by atoms with E-state index in [0.29, 0.717) is 0 Å². The third kappa shape index (κ3) is 3.97. The fourth-order valence-corrected chi connectivity index (χ4v) is 2.91. The number of likely N-dealkylation sites (N-methyl/N-ethyl adjacent to an activating group) is 1. The Hall–Kier alpha value is -1.62. The zero-order valence-electron chi connectivity index (χ0n) is 12.5. The number of ether oxygens (including phenoxy) is 1. The smallest absolute Gasteiger partial charge is 0.343 e. The number of benzene rings is 1. The first-order valence-electron chi connectivity index (χ1n) is 7.37. The van der Waals surface area contributed by atoms with Crippen LogP contribution in [0.5, 0.6) is 0 Å². The summed E-state index contributed by atoms with van der Waals surface area (Å²) in [4.78, 5) is 25.6. The number of esters is 1. The van der Waals surface area contributed by atoms with E-state index >= 15 is 0 Å². The quantitative estimate of drug-likeness (QED) is 0.796. The highest BCUT2D eigenvalue weighted by Gasteiger charge is 2.24. The Labute approximate surface area is 134 Å². The second-order valence-corrected chi connectivity index (χ2v) is 5.88. The highest BCUT2D eigenvalue weighted by atomic mass is 35.5. The molecule has 1 aromatic carbocycles. The lowest BCUT2D eigenvalue weighted by Gasteiger charge is -2.31. The average molecular weight is 328 g/mol. The molecule has 1 aromatic rings. The van der Waals surface area contributed by atoms with Crippen LogP contribution in [0.3, 0.4) is 0 Å². The summed E-state index contributed by atoms with van der Waals surface area (Å²) in [6, 6.07) is 4.11. The highest BCUT2D eigenvalue weighted by Crippen LogP contribution is 2.22. The average Bonchev–Trinajstić information content (AvgIpc) is 2.52. The largest absolute Gasteiger partial charge is 0.452 e. The van der Waals surface area contributed by atoms with Crippen molar-refractivity contribution in [3.05, 3.63) is 34.6 Å². The molecule has 0 atom stereocenters. The third-order valence-corrected chi connectivity index (χ3v) is 4.32. The Morgan fingerprint density at radius 2 is 2.00 bits per heavy atom. The summed E-state index contributed by atoms with van der Waals surface area (Å²) in [6.07, 6.45) is 5.34. The van der Waals surface area contributed by atoms with E-state index in [1.807, 2.05) is 0 Å². The van der Waals surface area contributed by atoms with E-state index in [1.165, 1.54) is 18.6 Å². The SMILES string of the molecule is CN(C(=O)COC(=O)c1c(F)cccc1Cl)C1CCCCC1. The molecular formula is C16H19ClFNO3. The lowest BCUT2D eigenvalue weighted by Crippen LogP contribution is -2.40. The van der Waals surface area contributed by atoms with Gasteiger partial charge in [0.25, 0.3) is 5.91 Å². The van der Waals surface area contributed by atoms with E-state index in [4.69, 9.17) is 16.3 Å². The van der Waals surface area contributed by atoms with Crippen LogP contribution in [0.15, 0.2) is 18.2 Å². The summed E-state index contributed by atoms with van der Waals surface area (Å²) in [5.74, 6) is -1.97. The van der Waals surface area contributed by atoms with Gasteiger partial charge in [-0.25, -0.2) is 9.18 Å². The summed E-state index contributed by atoms with van der Waals surface area (Å²) < 4.78 is 18.5. The van der Waals surface area contributed by atoms with Crippen molar-refractivity contribution >= 4 is 23.5 Å². The van der Waals surface area contributed by atoms with Gasteiger partial charge in [0.05, 0.1) is 5.02 Å². The van der Waals surface area contributed by atoms with Gasteiger partial charge in [-0.3, -0.25) is 4.79 Å². The van der Waals surface area contributed by atoms with Gasteiger partial charge in [0.1, 0.15) is 11.4 Å². The fourth-order valence-electron chi connectivity index (χ4n) is 2.67. The van der Waals surface area contributed by atoms with Gasteiger partial charge in [0, 0.05) is 13.1 Å². The molecule has 0 N–H and O–H groups in total. The number of rotatable bonds is 4. The maximum atomic E-state index is 13.6. The first-order valence-corrected chi connectivity index (χ1v) is 7.75. The van der Waals surface area contributed by atoms with Crippen molar-refractivity contribution in [2.24, 2.45) is 0 Å². The third-order valence-electron chi connectivity index (χ3n) is 4.01. The number of carbonyl (C=O) groups is 2. The summed E-state index contributed by atoms with van der Waals surface area (Å²) >= 11 is 5.79. The van der Waals surface area contributed by atoms with Crippen molar-refractivity contribution in [1.29, 1.82) is 0 Å². The first kappa shape index (κ1) is 16.7. The maximum Gasteiger partial charge on any atom is 0.343 e. The molecule has 1 aliphatic carbocycles. The van der Waals surface area contributed by atoms with Gasteiger partial charge in [-0.05, 0) is 25.0 Å². The molecule has 0 bridgehead atoms. The molecule has 120 valence electrons. The molecule has 2 rings (SSSR count). The molecule has 1 fully saturated rings. The van der Waals surface area contributed by atoms with Crippen molar-refractivity contribution in [1.82, 2.24) is 4.90 Å². The second kappa shape index (κ2) is 7.58. The van der Waals surface area contributed by atoms with Crippen LogP contribution in [0.4, 0.5) is 4.39 Å². The molecule has 0 aromatic heterocycles. The summed E-state index contributed by atoms with van der Waals surface area (Å²) in [5.41, 5.74) is -0.336. The molecule has 22 heavy (non-hydrogen) atoms. The van der Waals surface area contributed by atoms with Crippen LogP contribution >= 0.6 is 11.6 Å². The predicted molar refractivity (Wildman–Crippen MR) is 81.3 cm³/mol. The Bertz CT molecular complexity index is 538. The Kier molecular flexibility index (Phi) is 5.77. The van der Waals surface area contributed by atoms with Crippen molar-refractivity contribution in [2.45, 2.75) is 38.1 Å². The molecule has 0 heterocycles. The van der Waals surface area contributed by atoms with E-state index in [0.717, 1.165) is 31.7 Å². The lowest BCUT2D eigenvalue weighted by atomic mass is 9.94. The second-order valence-electron chi connectivity index (χ2n) is 5.47. The fraction of sp³-hybridized carbons (Fsp3) is 0.500. The minimum atomic E-state index is -0.923. The monoisotopic (exact) mass is 327 g/mol. The van der Waals surface area contributed by atoms with Crippen LogP contribution in [0.1, 0.15) is 42.5 Å². The Balaban J connectivity index is 1.91. The number of carbonyl (C=O) groups excluding carboxylic acids is 2. The molecule has 1 saturated carbocycles. The zero-order valence-corrected chi connectivity index (χ0v) is 13.2. The van der Waals surface area contributed by atoms with E-state index in [2.05, 4.69) is 0 Å². The van der Waals surface area contributed by atoms with Crippen molar-refractivity contribution in [3.8, 4) is 0 Å². The molecule has 4 nitrogen and oxygen atoms in total. The van der Waals surface area contributed by atoms with E-state index in [9.17, 15) is 14.0 Å². The summed E-state index contributed by atoms with van der Waals surface area (Å²) in [7, 11) is 1.71. The molecule has 0 radical (unpaired) electrons. The van der Waals surface area contributed by atoms with Crippen LogP contribution in [0, 0.1) is 5.82 Å². The lowest BCUT2D eigenvalue weighted by molar-refractivity contribution is -0.135. The van der Waals surface area contributed by atoms with Crippen LogP contribution in [0.2, 0.25) is 5.02 Å². The maximum absolute atomic E-state index is 13.6. The highest BCUT2D eigenvalue weighted by molar-refractivity contribution is 6.33. The number of hydrogen-bond acceptors (Lipinski definition) is 3. The number of nitrogens with zero attached hydrogens (tertiary/aromatic N) is 1. The van der Waals surface area contributed by atoms with Crippen molar-refractivity contribution in [2.75, 3.05) is 13.7 Å². The predicted octanol–water partition coefficient (Wildman–Crippen LogP) is 3.43. The van der Waals surface area contributed by atoms with Crippen LogP contribution in [-0.4, -0.2) is 36.5 Å². The van der Waals surface area contributed by atoms with Crippen LogP contribution < -0.4 is 0 Å². The molecule has 0 spiro atoms. The molecule has 0 aliphatic heterocycles. The number of hydrogen-bond donors (Lipinski definition) is 0. The molecular weight excluding hydrogens is 309 g/mol.